The maximum Gasteiger partial charge on any atom is 0.323 e. The van der Waals surface area contributed by atoms with Crippen LogP contribution in [0.2, 0.25) is 0 Å². The first-order chi connectivity index (χ1) is 14.9. The lowest BCUT2D eigenvalue weighted by Crippen LogP contribution is -2.20. The van der Waals surface area contributed by atoms with Gasteiger partial charge in [-0.2, -0.15) is 0 Å². The Morgan fingerprint density at radius 2 is 1.58 bits per heavy atom. The fourth-order valence-electron chi connectivity index (χ4n) is 3.20. The Balaban J connectivity index is 1.57. The highest BCUT2D eigenvalue weighted by Crippen LogP contribution is 2.21. The number of carbonyl (C=O) groups is 2. The molecule has 31 heavy (non-hydrogen) atoms. The van der Waals surface area contributed by atoms with E-state index < -0.39 is 23.4 Å². The number of hydrogen-bond donors (Lipinski definition) is 2. The van der Waals surface area contributed by atoms with Gasteiger partial charge in [0.25, 0.3) is 0 Å². The third-order valence-corrected chi connectivity index (χ3v) is 4.58. The molecule has 0 bridgehead atoms. The van der Waals surface area contributed by atoms with E-state index in [0.29, 0.717) is 5.56 Å². The molecular formula is C24H17F2N3O2. The molecule has 7 heteroatoms. The van der Waals surface area contributed by atoms with Crippen molar-refractivity contribution < 1.29 is 18.4 Å². The Hall–Kier alpha value is -4.13. The second-order valence-corrected chi connectivity index (χ2v) is 7.07. The van der Waals surface area contributed by atoms with Crippen molar-refractivity contribution >= 4 is 34.1 Å². The molecule has 0 fully saturated rings. The first kappa shape index (κ1) is 20.2. The summed E-state index contributed by atoms with van der Waals surface area (Å²) in [5, 5.41) is 5.71. The summed E-state index contributed by atoms with van der Waals surface area (Å²) in [4.78, 5) is 29.4. The van der Waals surface area contributed by atoms with E-state index in [1.807, 2.05) is 13.0 Å². The Kier molecular flexibility index (Phi) is 5.41. The molecule has 0 radical (unpaired) electrons. The average molecular weight is 417 g/mol. The highest BCUT2D eigenvalue weighted by molar-refractivity contribution is 6.11. The van der Waals surface area contributed by atoms with Crippen molar-refractivity contribution in [2.75, 3.05) is 10.6 Å². The van der Waals surface area contributed by atoms with Gasteiger partial charge in [0.2, 0.25) is 0 Å². The van der Waals surface area contributed by atoms with Crippen LogP contribution in [-0.2, 0) is 0 Å². The van der Waals surface area contributed by atoms with Crippen LogP contribution in [0.4, 0.5) is 25.0 Å². The Bertz CT molecular complexity index is 1320. The van der Waals surface area contributed by atoms with Crippen molar-refractivity contribution in [1.82, 2.24) is 4.98 Å². The fourth-order valence-corrected chi connectivity index (χ4v) is 3.20. The number of rotatable bonds is 4. The van der Waals surface area contributed by atoms with Crippen LogP contribution in [0.15, 0.2) is 72.9 Å². The molecule has 0 spiro atoms. The molecule has 2 N–H and O–H groups in total. The van der Waals surface area contributed by atoms with Gasteiger partial charge in [0.15, 0.2) is 5.78 Å². The van der Waals surface area contributed by atoms with E-state index in [-0.39, 0.29) is 16.9 Å². The Labute approximate surface area is 176 Å². The third-order valence-electron chi connectivity index (χ3n) is 4.58. The minimum atomic E-state index is -0.693. The summed E-state index contributed by atoms with van der Waals surface area (Å²) >= 11 is 0. The van der Waals surface area contributed by atoms with Gasteiger partial charge in [0.1, 0.15) is 11.6 Å². The van der Waals surface area contributed by atoms with Crippen molar-refractivity contribution in [3.63, 3.8) is 0 Å². The molecule has 3 aromatic carbocycles. The monoisotopic (exact) mass is 417 g/mol. The highest BCUT2D eigenvalue weighted by Gasteiger charge is 2.14. The second-order valence-electron chi connectivity index (χ2n) is 7.07. The van der Waals surface area contributed by atoms with Crippen LogP contribution < -0.4 is 10.6 Å². The molecule has 0 unspecified atom stereocenters. The van der Waals surface area contributed by atoms with Crippen molar-refractivity contribution in [1.29, 1.82) is 0 Å². The number of carbonyl (C=O) groups excluding carboxylic acids is 2. The molecule has 4 rings (SSSR count). The van der Waals surface area contributed by atoms with Crippen LogP contribution >= 0.6 is 0 Å². The lowest BCUT2D eigenvalue weighted by atomic mass is 10.0. The molecular weight excluding hydrogens is 400 g/mol. The molecule has 154 valence electrons. The zero-order valence-electron chi connectivity index (χ0n) is 16.4. The van der Waals surface area contributed by atoms with Gasteiger partial charge in [-0.05, 0) is 73.2 Å². The molecule has 0 aliphatic rings. The maximum absolute atomic E-state index is 14.2. The van der Waals surface area contributed by atoms with Gasteiger partial charge >= 0.3 is 6.03 Å². The second kappa shape index (κ2) is 8.31. The first-order valence-corrected chi connectivity index (χ1v) is 9.43. The topological polar surface area (TPSA) is 71.1 Å². The van der Waals surface area contributed by atoms with Crippen molar-refractivity contribution in [3.05, 3.63) is 101 Å². The molecule has 4 aromatic rings. The number of pyridine rings is 1. The smallest absolute Gasteiger partial charge is 0.308 e. The maximum atomic E-state index is 14.2. The summed E-state index contributed by atoms with van der Waals surface area (Å²) in [6.07, 6.45) is 1.74. The number of aromatic nitrogens is 1. The number of nitrogens with zero attached hydrogens (tertiary/aromatic N) is 1. The van der Waals surface area contributed by atoms with E-state index in [1.165, 1.54) is 24.3 Å². The molecule has 0 aliphatic heterocycles. The quantitative estimate of drug-likeness (QED) is 0.419. The number of anilines is 2. The molecule has 0 saturated carbocycles. The van der Waals surface area contributed by atoms with Crippen LogP contribution in [0.25, 0.3) is 10.9 Å². The van der Waals surface area contributed by atoms with E-state index >= 15 is 0 Å². The highest BCUT2D eigenvalue weighted by atomic mass is 19.1. The Morgan fingerprint density at radius 3 is 2.39 bits per heavy atom. The number of benzene rings is 3. The summed E-state index contributed by atoms with van der Waals surface area (Å²) in [6, 6.07) is 15.2. The van der Waals surface area contributed by atoms with Gasteiger partial charge in [-0.3, -0.25) is 9.78 Å². The molecule has 1 aromatic heterocycles. The first-order valence-electron chi connectivity index (χ1n) is 9.43. The molecule has 0 aliphatic carbocycles. The molecule has 2 amide bonds. The van der Waals surface area contributed by atoms with Gasteiger partial charge in [-0.15, -0.1) is 0 Å². The average Bonchev–Trinajstić information content (AvgIpc) is 2.72. The van der Waals surface area contributed by atoms with Crippen LogP contribution in [0, 0.1) is 18.6 Å². The predicted octanol–water partition coefficient (Wildman–Crippen LogP) is 5.70. The van der Waals surface area contributed by atoms with E-state index in [9.17, 15) is 18.4 Å². The van der Waals surface area contributed by atoms with Gasteiger partial charge in [-0.25, -0.2) is 13.6 Å². The molecule has 1 heterocycles. The summed E-state index contributed by atoms with van der Waals surface area (Å²) in [5.41, 5.74) is 2.50. The van der Waals surface area contributed by atoms with E-state index in [2.05, 4.69) is 15.6 Å². The van der Waals surface area contributed by atoms with Crippen LogP contribution in [-0.4, -0.2) is 16.8 Å². The van der Waals surface area contributed by atoms with Gasteiger partial charge in [0.05, 0.1) is 5.52 Å². The number of hydrogen-bond acceptors (Lipinski definition) is 3. The predicted molar refractivity (Wildman–Crippen MR) is 115 cm³/mol. The number of nitrogens with one attached hydrogen (secondary N) is 2. The molecule has 0 saturated heterocycles. The van der Waals surface area contributed by atoms with Crippen LogP contribution in [0.1, 0.15) is 21.5 Å². The molecule has 5 nitrogen and oxygen atoms in total. The normalized spacial score (nSPS) is 10.7. The summed E-state index contributed by atoms with van der Waals surface area (Å²) in [7, 11) is 0. The minimum Gasteiger partial charge on any atom is -0.308 e. The number of ketones is 1. The summed E-state index contributed by atoms with van der Waals surface area (Å²) in [6.45, 7) is 1.90. The van der Waals surface area contributed by atoms with Crippen molar-refractivity contribution in [2.45, 2.75) is 6.92 Å². The van der Waals surface area contributed by atoms with E-state index in [0.717, 1.165) is 34.7 Å². The van der Waals surface area contributed by atoms with Crippen LogP contribution in [0.5, 0.6) is 0 Å². The van der Waals surface area contributed by atoms with Crippen molar-refractivity contribution in [3.8, 4) is 0 Å². The standard InChI is InChI=1S/C24H17F2N3O2/c1-14-7-16-8-15(5-6-22(16)27-13-14)23(30)17-9-19(26)12-21(10-17)29-24(31)28-20-4-2-3-18(25)11-20/h2-13H,1H3,(H2,28,29,31). The number of amides is 2. The zero-order chi connectivity index (χ0) is 22.0. The number of fused-ring (bicyclic) bond motifs is 1. The number of halogens is 2. The van der Waals surface area contributed by atoms with Gasteiger partial charge in [0, 0.05) is 34.1 Å². The minimum absolute atomic E-state index is 0.0843. The lowest BCUT2D eigenvalue weighted by molar-refractivity contribution is 0.103. The Morgan fingerprint density at radius 1 is 0.806 bits per heavy atom. The van der Waals surface area contributed by atoms with Gasteiger partial charge in [-0.1, -0.05) is 6.07 Å². The SMILES string of the molecule is Cc1cnc2ccc(C(=O)c3cc(F)cc(NC(=O)Nc4cccc(F)c4)c3)cc2c1. The van der Waals surface area contributed by atoms with E-state index in [4.69, 9.17) is 0 Å². The summed E-state index contributed by atoms with van der Waals surface area (Å²) < 4.78 is 27.4. The largest absolute Gasteiger partial charge is 0.323 e. The summed E-state index contributed by atoms with van der Waals surface area (Å²) in [5.74, 6) is -1.57. The number of urea groups is 1. The number of aryl methyl sites for hydroxylation is 1. The lowest BCUT2D eigenvalue weighted by Gasteiger charge is -2.10. The fraction of sp³-hybridized carbons (Fsp3) is 0.0417. The van der Waals surface area contributed by atoms with Crippen LogP contribution in [0.3, 0.4) is 0 Å². The van der Waals surface area contributed by atoms with Gasteiger partial charge < -0.3 is 10.6 Å². The molecule has 0 atom stereocenters. The van der Waals surface area contributed by atoms with E-state index in [1.54, 1.807) is 24.4 Å². The van der Waals surface area contributed by atoms with Crippen molar-refractivity contribution in [2.24, 2.45) is 0 Å². The third kappa shape index (κ3) is 4.72. The zero-order valence-corrected chi connectivity index (χ0v) is 16.4.